The zero-order chi connectivity index (χ0) is 15.7. The molecule has 1 aromatic heterocycles. The highest BCUT2D eigenvalue weighted by Gasteiger charge is 2.05. The van der Waals surface area contributed by atoms with E-state index in [1.54, 1.807) is 21.0 Å². The summed E-state index contributed by atoms with van der Waals surface area (Å²) in [5.41, 5.74) is 0. The molecule has 0 unspecified atom stereocenters. The maximum Gasteiger partial charge on any atom is 0.243 e. The Hall–Kier alpha value is -1.39. The van der Waals surface area contributed by atoms with Crippen molar-refractivity contribution in [1.29, 1.82) is 0 Å². The molecule has 0 radical (unpaired) electrons. The van der Waals surface area contributed by atoms with Gasteiger partial charge in [-0.2, -0.15) is 4.98 Å². The zero-order valence-corrected chi connectivity index (χ0v) is 15.9. The first-order chi connectivity index (χ1) is 10.0. The van der Waals surface area contributed by atoms with Crippen LogP contribution in [0.2, 0.25) is 0 Å². The number of rotatable bonds is 7. The molecule has 8 nitrogen and oxygen atoms in total. The third-order valence-corrected chi connectivity index (χ3v) is 2.64. The summed E-state index contributed by atoms with van der Waals surface area (Å²) < 4.78 is 5.04. The predicted octanol–water partition coefficient (Wildman–Crippen LogP) is 0.572. The van der Waals surface area contributed by atoms with Gasteiger partial charge in [0.15, 0.2) is 11.8 Å². The van der Waals surface area contributed by atoms with Gasteiger partial charge in [-0.1, -0.05) is 5.16 Å². The minimum atomic E-state index is -0.0338. The summed E-state index contributed by atoms with van der Waals surface area (Å²) in [6.07, 6.45) is 1.55. The molecular formula is C13H25IN6O2. The largest absolute Gasteiger partial charge is 0.357 e. The number of guanidine groups is 1. The summed E-state index contributed by atoms with van der Waals surface area (Å²) in [5, 5.41) is 10.0. The number of halogens is 1. The molecule has 0 atom stereocenters. The fourth-order valence-electron chi connectivity index (χ4n) is 1.52. The van der Waals surface area contributed by atoms with Gasteiger partial charge in [-0.15, -0.1) is 24.0 Å². The van der Waals surface area contributed by atoms with Gasteiger partial charge in [0.25, 0.3) is 0 Å². The van der Waals surface area contributed by atoms with E-state index < -0.39 is 0 Å². The maximum absolute atomic E-state index is 11.5. The van der Waals surface area contributed by atoms with Crippen LogP contribution in [0.3, 0.4) is 0 Å². The normalized spacial score (nSPS) is 10.8. The molecule has 126 valence electrons. The highest BCUT2D eigenvalue weighted by Crippen LogP contribution is 1.98. The molecule has 0 saturated heterocycles. The molecule has 22 heavy (non-hydrogen) atoms. The molecule has 0 aliphatic rings. The molecule has 1 rings (SSSR count). The van der Waals surface area contributed by atoms with E-state index >= 15 is 0 Å². The summed E-state index contributed by atoms with van der Waals surface area (Å²) in [6, 6.07) is 0. The van der Waals surface area contributed by atoms with Crippen molar-refractivity contribution in [1.82, 2.24) is 25.7 Å². The maximum atomic E-state index is 11.5. The topological polar surface area (TPSA) is 95.7 Å². The summed E-state index contributed by atoms with van der Waals surface area (Å²) >= 11 is 0. The van der Waals surface area contributed by atoms with Crippen LogP contribution in [-0.4, -0.2) is 60.6 Å². The van der Waals surface area contributed by atoms with Crippen LogP contribution < -0.4 is 10.6 Å². The number of amides is 1. The Kier molecular flexibility index (Phi) is 10.5. The van der Waals surface area contributed by atoms with Crippen LogP contribution in [0.25, 0.3) is 0 Å². The van der Waals surface area contributed by atoms with E-state index in [2.05, 4.69) is 25.8 Å². The quantitative estimate of drug-likeness (QED) is 0.288. The van der Waals surface area contributed by atoms with E-state index in [4.69, 9.17) is 4.52 Å². The van der Waals surface area contributed by atoms with Gasteiger partial charge in [-0.3, -0.25) is 4.79 Å². The Morgan fingerprint density at radius 2 is 2.09 bits per heavy atom. The van der Waals surface area contributed by atoms with E-state index in [1.807, 2.05) is 6.92 Å². The highest BCUT2D eigenvalue weighted by atomic mass is 127. The summed E-state index contributed by atoms with van der Waals surface area (Å²) in [4.78, 5) is 21.4. The van der Waals surface area contributed by atoms with Crippen LogP contribution >= 0.6 is 24.0 Å². The van der Waals surface area contributed by atoms with Gasteiger partial charge in [-0.25, -0.2) is 4.99 Å². The van der Waals surface area contributed by atoms with E-state index in [0.29, 0.717) is 30.6 Å². The monoisotopic (exact) mass is 424 g/mol. The van der Waals surface area contributed by atoms with Crippen molar-refractivity contribution >= 4 is 35.8 Å². The molecule has 1 heterocycles. The van der Waals surface area contributed by atoms with Crippen LogP contribution in [-0.2, 0) is 11.2 Å². The number of carbonyl (C=O) groups excluding carboxylic acids is 1. The average Bonchev–Trinajstić information content (AvgIpc) is 2.85. The number of hydrogen-bond donors (Lipinski definition) is 2. The number of aromatic nitrogens is 2. The molecule has 2 N–H and O–H groups in total. The third kappa shape index (κ3) is 8.15. The van der Waals surface area contributed by atoms with Crippen LogP contribution in [0, 0.1) is 6.92 Å². The number of carbonyl (C=O) groups is 1. The fraction of sp³-hybridized carbons (Fsp3) is 0.692. The van der Waals surface area contributed by atoms with Crippen molar-refractivity contribution in [2.45, 2.75) is 26.7 Å². The Morgan fingerprint density at radius 3 is 2.64 bits per heavy atom. The molecule has 1 aromatic rings. The van der Waals surface area contributed by atoms with Crippen molar-refractivity contribution < 1.29 is 9.32 Å². The van der Waals surface area contributed by atoms with Gasteiger partial charge in [0.2, 0.25) is 11.8 Å². The lowest BCUT2D eigenvalue weighted by molar-refractivity contribution is -0.127. The minimum absolute atomic E-state index is 0. The van der Waals surface area contributed by atoms with E-state index in [-0.39, 0.29) is 36.4 Å². The molecule has 0 spiro atoms. The molecule has 0 saturated carbocycles. The summed E-state index contributed by atoms with van der Waals surface area (Å²) in [5.74, 6) is 1.89. The van der Waals surface area contributed by atoms with Gasteiger partial charge in [0.1, 0.15) is 6.54 Å². The first kappa shape index (κ1) is 20.6. The van der Waals surface area contributed by atoms with E-state index in [0.717, 1.165) is 13.0 Å². The van der Waals surface area contributed by atoms with Gasteiger partial charge >= 0.3 is 0 Å². The average molecular weight is 424 g/mol. The Balaban J connectivity index is 0.00000441. The number of nitrogens with zero attached hydrogens (tertiary/aromatic N) is 4. The smallest absolute Gasteiger partial charge is 0.243 e. The van der Waals surface area contributed by atoms with Crippen LogP contribution in [0.15, 0.2) is 9.52 Å². The number of aliphatic imine (C=N–C) groups is 1. The van der Waals surface area contributed by atoms with Gasteiger partial charge in [0, 0.05) is 33.6 Å². The van der Waals surface area contributed by atoms with Gasteiger partial charge in [0.05, 0.1) is 0 Å². The molecule has 0 aliphatic heterocycles. The lowest BCUT2D eigenvalue weighted by Gasteiger charge is -2.12. The Bertz CT molecular complexity index is 475. The summed E-state index contributed by atoms with van der Waals surface area (Å²) in [7, 11) is 3.43. The first-order valence-corrected chi connectivity index (χ1v) is 7.04. The Morgan fingerprint density at radius 1 is 1.36 bits per heavy atom. The van der Waals surface area contributed by atoms with Crippen molar-refractivity contribution in [2.75, 3.05) is 33.7 Å². The van der Waals surface area contributed by atoms with Crippen molar-refractivity contribution in [3.05, 3.63) is 11.7 Å². The molecule has 0 aromatic carbocycles. The van der Waals surface area contributed by atoms with Gasteiger partial charge < -0.3 is 20.1 Å². The number of hydrogen-bond acceptors (Lipinski definition) is 5. The van der Waals surface area contributed by atoms with Crippen LogP contribution in [0.5, 0.6) is 0 Å². The summed E-state index contributed by atoms with van der Waals surface area (Å²) in [6.45, 7) is 5.36. The van der Waals surface area contributed by atoms with Crippen LogP contribution in [0.1, 0.15) is 25.1 Å². The lowest BCUT2D eigenvalue weighted by atomic mass is 10.3. The molecule has 0 aliphatic carbocycles. The second-order valence-corrected chi connectivity index (χ2v) is 4.75. The SMILES string of the molecule is CCNC(=NCC(=O)N(C)C)NCCCc1nc(C)no1.I. The minimum Gasteiger partial charge on any atom is -0.357 e. The third-order valence-electron chi connectivity index (χ3n) is 2.64. The second-order valence-electron chi connectivity index (χ2n) is 4.75. The van der Waals surface area contributed by atoms with Crippen molar-refractivity contribution in [3.8, 4) is 0 Å². The molecule has 9 heteroatoms. The second kappa shape index (κ2) is 11.2. The highest BCUT2D eigenvalue weighted by molar-refractivity contribution is 14.0. The van der Waals surface area contributed by atoms with Crippen molar-refractivity contribution in [3.63, 3.8) is 0 Å². The van der Waals surface area contributed by atoms with Crippen LogP contribution in [0.4, 0.5) is 0 Å². The fourth-order valence-corrected chi connectivity index (χ4v) is 1.52. The molecule has 0 fully saturated rings. The van der Waals surface area contributed by atoms with E-state index in [1.165, 1.54) is 4.90 Å². The number of nitrogens with one attached hydrogen (secondary N) is 2. The predicted molar refractivity (Wildman–Crippen MR) is 95.4 cm³/mol. The first-order valence-electron chi connectivity index (χ1n) is 7.04. The van der Waals surface area contributed by atoms with Crippen molar-refractivity contribution in [2.24, 2.45) is 4.99 Å². The molecule has 0 bridgehead atoms. The molecule has 1 amide bonds. The zero-order valence-electron chi connectivity index (χ0n) is 13.5. The van der Waals surface area contributed by atoms with E-state index in [9.17, 15) is 4.79 Å². The number of likely N-dealkylation sites (N-methyl/N-ethyl adjacent to an activating group) is 1. The Labute approximate surface area is 148 Å². The number of aryl methyl sites for hydroxylation is 2. The standard InChI is InChI=1S/C13H24N6O2.HI/c1-5-14-13(16-9-12(20)19(3)4)15-8-6-7-11-17-10(2)18-21-11;/h5-9H2,1-4H3,(H2,14,15,16);1H. The van der Waals surface area contributed by atoms with Gasteiger partial charge in [-0.05, 0) is 20.3 Å². The lowest BCUT2D eigenvalue weighted by Crippen LogP contribution is -2.39. The molecular weight excluding hydrogens is 399 g/mol.